The van der Waals surface area contributed by atoms with Crippen molar-refractivity contribution < 1.29 is 14.3 Å². The molecule has 6 rings (SSSR count). The molecular weight excluding hydrogens is 458 g/mol. The summed E-state index contributed by atoms with van der Waals surface area (Å²) in [4.78, 5) is 33.5. The Labute approximate surface area is 209 Å². The zero-order valence-corrected chi connectivity index (χ0v) is 20.0. The predicted octanol–water partition coefficient (Wildman–Crippen LogP) is 3.84. The minimum Gasteiger partial charge on any atom is -0.381 e. The summed E-state index contributed by atoms with van der Waals surface area (Å²) in [6, 6.07) is 11.4. The number of carbonyl (C=O) groups excluding carboxylic acids is 1. The standard InChI is InChI=1S/C26H29N7O3/c34-26(29-20-2-1-11-27-14-20)28-19-5-3-17(4-6-19)23-30-24(18-9-12-35-13-10-18)32-25(31-23)33-21-7-8-22(33)16-36-15-21/h1-6,11,14,18,21-22H,7-10,12-13,15-16H2,(H2,28,29,34). The minimum atomic E-state index is -0.331. The first kappa shape index (κ1) is 22.8. The zero-order chi connectivity index (χ0) is 24.3. The van der Waals surface area contributed by atoms with Crippen molar-refractivity contribution in [1.29, 1.82) is 0 Å². The van der Waals surface area contributed by atoms with Crippen molar-refractivity contribution >= 4 is 23.4 Å². The van der Waals surface area contributed by atoms with E-state index in [0.717, 1.165) is 56.2 Å². The maximum absolute atomic E-state index is 12.3. The van der Waals surface area contributed by atoms with Gasteiger partial charge >= 0.3 is 6.03 Å². The molecule has 0 aliphatic carbocycles. The first-order valence-electron chi connectivity index (χ1n) is 12.5. The zero-order valence-electron chi connectivity index (χ0n) is 20.0. The van der Waals surface area contributed by atoms with Gasteiger partial charge in [0.1, 0.15) is 5.82 Å². The molecule has 3 fully saturated rings. The number of urea groups is 1. The summed E-state index contributed by atoms with van der Waals surface area (Å²) < 4.78 is 11.3. The number of ether oxygens (including phenoxy) is 2. The molecule has 5 heterocycles. The Hall–Kier alpha value is -3.63. The lowest BCUT2D eigenvalue weighted by Gasteiger charge is -2.35. The van der Waals surface area contributed by atoms with E-state index in [1.807, 2.05) is 24.3 Å². The third-order valence-electron chi connectivity index (χ3n) is 7.02. The molecule has 0 spiro atoms. The van der Waals surface area contributed by atoms with Crippen molar-refractivity contribution in [3.63, 3.8) is 0 Å². The number of pyridine rings is 1. The number of hydrogen-bond donors (Lipinski definition) is 2. The number of rotatable bonds is 5. The Morgan fingerprint density at radius 2 is 1.61 bits per heavy atom. The van der Waals surface area contributed by atoms with E-state index in [1.165, 1.54) is 0 Å². The highest BCUT2D eigenvalue weighted by molar-refractivity contribution is 5.99. The summed E-state index contributed by atoms with van der Waals surface area (Å²) in [6.07, 6.45) is 7.27. The van der Waals surface area contributed by atoms with E-state index >= 15 is 0 Å². The molecule has 0 radical (unpaired) electrons. The molecule has 10 nitrogen and oxygen atoms in total. The van der Waals surface area contributed by atoms with Crippen molar-refractivity contribution in [1.82, 2.24) is 19.9 Å². The average molecular weight is 488 g/mol. The predicted molar refractivity (Wildman–Crippen MR) is 135 cm³/mol. The first-order chi connectivity index (χ1) is 17.7. The van der Waals surface area contributed by atoms with Gasteiger partial charge in [-0.3, -0.25) is 4.98 Å². The number of aromatic nitrogens is 4. The molecule has 1 aromatic carbocycles. The highest BCUT2D eigenvalue weighted by atomic mass is 16.5. The maximum Gasteiger partial charge on any atom is 0.323 e. The Bertz CT molecular complexity index is 1190. The van der Waals surface area contributed by atoms with E-state index in [4.69, 9.17) is 24.4 Å². The second kappa shape index (κ2) is 10.2. The molecule has 2 bridgehead atoms. The Kier molecular flexibility index (Phi) is 6.44. The number of morpholine rings is 1. The molecule has 0 saturated carbocycles. The summed E-state index contributed by atoms with van der Waals surface area (Å²) >= 11 is 0. The summed E-state index contributed by atoms with van der Waals surface area (Å²) in [5, 5.41) is 5.62. The molecule has 3 saturated heterocycles. The molecule has 2 aromatic heterocycles. The number of anilines is 3. The van der Waals surface area contributed by atoms with Gasteiger partial charge in [-0.15, -0.1) is 0 Å². The molecule has 36 heavy (non-hydrogen) atoms. The van der Waals surface area contributed by atoms with E-state index in [9.17, 15) is 4.79 Å². The van der Waals surface area contributed by atoms with Crippen LogP contribution in [0.25, 0.3) is 11.4 Å². The van der Waals surface area contributed by atoms with E-state index in [2.05, 4.69) is 20.5 Å². The van der Waals surface area contributed by atoms with Gasteiger partial charge in [0.25, 0.3) is 0 Å². The topological polar surface area (TPSA) is 114 Å². The normalized spacial score (nSPS) is 21.8. The van der Waals surface area contributed by atoms with Crippen LogP contribution in [0.3, 0.4) is 0 Å². The Morgan fingerprint density at radius 1 is 0.861 bits per heavy atom. The van der Waals surface area contributed by atoms with Crippen LogP contribution >= 0.6 is 0 Å². The van der Waals surface area contributed by atoms with Crippen LogP contribution < -0.4 is 15.5 Å². The SMILES string of the molecule is O=C(Nc1ccc(-c2nc(C3CCOCC3)nc(N3C4CCC3COC4)n2)cc1)Nc1cccnc1. The number of nitrogens with one attached hydrogen (secondary N) is 2. The monoisotopic (exact) mass is 487 g/mol. The van der Waals surface area contributed by atoms with Crippen LogP contribution in [0.4, 0.5) is 22.1 Å². The van der Waals surface area contributed by atoms with Gasteiger partial charge in [-0.1, -0.05) is 0 Å². The van der Waals surface area contributed by atoms with Crippen LogP contribution in [0.1, 0.15) is 37.4 Å². The summed E-state index contributed by atoms with van der Waals surface area (Å²) in [6.45, 7) is 2.88. The van der Waals surface area contributed by atoms with Crippen molar-refractivity contribution in [2.24, 2.45) is 0 Å². The molecule has 2 amide bonds. The fourth-order valence-corrected chi connectivity index (χ4v) is 5.15. The number of nitrogens with zero attached hydrogens (tertiary/aromatic N) is 5. The van der Waals surface area contributed by atoms with Crippen LogP contribution in [-0.4, -0.2) is 64.5 Å². The van der Waals surface area contributed by atoms with Crippen LogP contribution in [0, 0.1) is 0 Å². The quantitative estimate of drug-likeness (QED) is 0.558. The number of carbonyl (C=O) groups is 1. The summed E-state index contributed by atoms with van der Waals surface area (Å²) in [7, 11) is 0. The smallest absolute Gasteiger partial charge is 0.323 e. The fraction of sp³-hybridized carbons (Fsp3) is 0.423. The van der Waals surface area contributed by atoms with Gasteiger partial charge in [0.2, 0.25) is 5.95 Å². The van der Waals surface area contributed by atoms with Crippen molar-refractivity contribution in [3.8, 4) is 11.4 Å². The third-order valence-corrected chi connectivity index (χ3v) is 7.02. The van der Waals surface area contributed by atoms with Gasteiger partial charge < -0.3 is 25.0 Å². The van der Waals surface area contributed by atoms with E-state index in [0.29, 0.717) is 42.5 Å². The number of benzene rings is 1. The highest BCUT2D eigenvalue weighted by Crippen LogP contribution is 2.34. The second-order valence-electron chi connectivity index (χ2n) is 9.43. The Morgan fingerprint density at radius 3 is 2.33 bits per heavy atom. The summed E-state index contributed by atoms with van der Waals surface area (Å²) in [5.74, 6) is 2.49. The average Bonchev–Trinajstić information content (AvgIpc) is 3.18. The van der Waals surface area contributed by atoms with Gasteiger partial charge in [0.05, 0.1) is 37.2 Å². The largest absolute Gasteiger partial charge is 0.381 e. The van der Waals surface area contributed by atoms with Crippen LogP contribution in [-0.2, 0) is 9.47 Å². The lowest BCUT2D eigenvalue weighted by molar-refractivity contribution is 0.0831. The first-order valence-corrected chi connectivity index (χ1v) is 12.5. The number of fused-ring (bicyclic) bond motifs is 2. The number of amides is 2. The molecule has 3 aromatic rings. The molecule has 3 aliphatic heterocycles. The van der Waals surface area contributed by atoms with E-state index < -0.39 is 0 Å². The van der Waals surface area contributed by atoms with Gasteiger partial charge in [0.15, 0.2) is 5.82 Å². The lowest BCUT2D eigenvalue weighted by Crippen LogP contribution is -2.47. The van der Waals surface area contributed by atoms with E-state index in [-0.39, 0.29) is 11.9 Å². The number of hydrogen-bond acceptors (Lipinski definition) is 8. The molecule has 2 unspecified atom stereocenters. The van der Waals surface area contributed by atoms with Crippen LogP contribution in [0.2, 0.25) is 0 Å². The van der Waals surface area contributed by atoms with Crippen molar-refractivity contribution in [3.05, 3.63) is 54.6 Å². The molecule has 186 valence electrons. The van der Waals surface area contributed by atoms with Gasteiger partial charge in [0, 0.05) is 36.6 Å². The van der Waals surface area contributed by atoms with Crippen LogP contribution in [0.15, 0.2) is 48.8 Å². The fourth-order valence-electron chi connectivity index (χ4n) is 5.15. The molecular formula is C26H29N7O3. The Balaban J connectivity index is 1.25. The van der Waals surface area contributed by atoms with E-state index in [1.54, 1.807) is 24.5 Å². The molecule has 2 N–H and O–H groups in total. The second-order valence-corrected chi connectivity index (χ2v) is 9.43. The van der Waals surface area contributed by atoms with Gasteiger partial charge in [-0.25, -0.2) is 9.78 Å². The van der Waals surface area contributed by atoms with Gasteiger partial charge in [-0.2, -0.15) is 9.97 Å². The van der Waals surface area contributed by atoms with Crippen molar-refractivity contribution in [2.75, 3.05) is 42.0 Å². The van der Waals surface area contributed by atoms with Crippen molar-refractivity contribution in [2.45, 2.75) is 43.7 Å². The highest BCUT2D eigenvalue weighted by Gasteiger charge is 2.39. The van der Waals surface area contributed by atoms with Gasteiger partial charge in [-0.05, 0) is 62.1 Å². The third kappa shape index (κ3) is 4.87. The maximum atomic E-state index is 12.3. The molecule has 2 atom stereocenters. The minimum absolute atomic E-state index is 0.259. The molecule has 3 aliphatic rings. The molecule has 10 heteroatoms. The summed E-state index contributed by atoms with van der Waals surface area (Å²) in [5.41, 5.74) is 2.18. The van der Waals surface area contributed by atoms with Crippen LogP contribution in [0.5, 0.6) is 0 Å². The lowest BCUT2D eigenvalue weighted by atomic mass is 9.99.